The molecule has 0 unspecified atom stereocenters. The highest BCUT2D eigenvalue weighted by molar-refractivity contribution is 7.16. The average Bonchev–Trinajstić information content (AvgIpc) is 3.13. The molecule has 144 valence electrons. The standard InChI is InChI=1S/C21H19NO5S/c1-5-6-13-7-14-16(8-15(13)26-12(4)24)27-20-17(19(14)25)21-22(10(2)9-28-21)18(20)11(3)23/h7-9H,5-6H2,1-4H3. The molecule has 0 radical (unpaired) electrons. The molecule has 1 aromatic carbocycles. The number of carbonyl (C=O) groups excluding carboxylic acids is 2. The van der Waals surface area contributed by atoms with Crippen LogP contribution in [-0.4, -0.2) is 16.2 Å². The summed E-state index contributed by atoms with van der Waals surface area (Å²) in [6.07, 6.45) is 1.50. The van der Waals surface area contributed by atoms with Crippen LogP contribution in [0.15, 0.2) is 26.7 Å². The third-order valence-corrected chi connectivity index (χ3v) is 5.80. The van der Waals surface area contributed by atoms with Gasteiger partial charge in [-0.25, -0.2) is 0 Å². The van der Waals surface area contributed by atoms with Crippen LogP contribution in [0.2, 0.25) is 0 Å². The maximum Gasteiger partial charge on any atom is 0.308 e. The normalized spacial score (nSPS) is 11.6. The first-order valence-corrected chi connectivity index (χ1v) is 9.92. The van der Waals surface area contributed by atoms with Gasteiger partial charge in [0, 0.05) is 31.0 Å². The van der Waals surface area contributed by atoms with E-state index in [2.05, 4.69) is 0 Å². The third-order valence-electron chi connectivity index (χ3n) is 4.73. The molecule has 4 aromatic rings. The number of carbonyl (C=O) groups is 2. The van der Waals surface area contributed by atoms with Crippen molar-refractivity contribution >= 4 is 49.9 Å². The van der Waals surface area contributed by atoms with E-state index >= 15 is 0 Å². The third kappa shape index (κ3) is 2.65. The molecule has 7 heteroatoms. The molecule has 0 bridgehead atoms. The summed E-state index contributed by atoms with van der Waals surface area (Å²) in [4.78, 5) is 37.9. The van der Waals surface area contributed by atoms with E-state index in [9.17, 15) is 14.4 Å². The lowest BCUT2D eigenvalue weighted by molar-refractivity contribution is -0.131. The van der Waals surface area contributed by atoms with Crippen molar-refractivity contribution in [1.29, 1.82) is 0 Å². The molecule has 4 rings (SSSR count). The molecule has 0 atom stereocenters. The molecule has 0 amide bonds. The van der Waals surface area contributed by atoms with Gasteiger partial charge in [0.15, 0.2) is 11.4 Å². The van der Waals surface area contributed by atoms with Gasteiger partial charge < -0.3 is 9.15 Å². The van der Waals surface area contributed by atoms with Gasteiger partial charge in [-0.15, -0.1) is 11.3 Å². The Hall–Kier alpha value is -2.93. The van der Waals surface area contributed by atoms with Crippen molar-refractivity contribution in [3.8, 4) is 5.75 Å². The first-order chi connectivity index (χ1) is 13.3. The average molecular weight is 397 g/mol. The highest BCUT2D eigenvalue weighted by atomic mass is 32.1. The second-order valence-electron chi connectivity index (χ2n) is 6.86. The van der Waals surface area contributed by atoms with Gasteiger partial charge in [0.25, 0.3) is 0 Å². The number of aromatic nitrogens is 1. The quantitative estimate of drug-likeness (QED) is 0.285. The first-order valence-electron chi connectivity index (χ1n) is 9.04. The van der Waals surface area contributed by atoms with Crippen molar-refractivity contribution in [3.63, 3.8) is 0 Å². The molecule has 3 aromatic heterocycles. The highest BCUT2D eigenvalue weighted by Crippen LogP contribution is 2.34. The van der Waals surface area contributed by atoms with Crippen LogP contribution in [0.25, 0.3) is 26.8 Å². The summed E-state index contributed by atoms with van der Waals surface area (Å²) in [6.45, 7) is 6.69. The van der Waals surface area contributed by atoms with E-state index in [1.807, 2.05) is 19.2 Å². The SMILES string of the molecule is CCCc1cc2c(=O)c3c(oc2cc1OC(C)=O)c(C(C)=O)n1c(C)csc31. The molecule has 28 heavy (non-hydrogen) atoms. The number of fused-ring (bicyclic) bond motifs is 4. The van der Waals surface area contributed by atoms with Crippen molar-refractivity contribution < 1.29 is 18.7 Å². The molecule has 0 N–H and O–H groups in total. The summed E-state index contributed by atoms with van der Waals surface area (Å²) in [5, 5.41) is 2.75. The lowest BCUT2D eigenvalue weighted by atomic mass is 10.0. The minimum absolute atomic E-state index is 0.184. The summed E-state index contributed by atoms with van der Waals surface area (Å²) < 4.78 is 13.2. The van der Waals surface area contributed by atoms with E-state index in [0.717, 1.165) is 17.7 Å². The molecule has 0 aliphatic heterocycles. The zero-order valence-corrected chi connectivity index (χ0v) is 16.9. The number of ether oxygens (including phenoxy) is 1. The second-order valence-corrected chi connectivity index (χ2v) is 7.72. The molecule has 0 saturated carbocycles. The summed E-state index contributed by atoms with van der Waals surface area (Å²) in [5.74, 6) is -0.243. The van der Waals surface area contributed by atoms with E-state index in [1.54, 1.807) is 16.5 Å². The van der Waals surface area contributed by atoms with Gasteiger partial charge in [0.2, 0.25) is 5.43 Å². The number of nitrogens with zero attached hydrogens (tertiary/aromatic N) is 1. The minimum Gasteiger partial charge on any atom is -0.453 e. The number of aryl methyl sites for hydroxylation is 2. The van der Waals surface area contributed by atoms with Crippen molar-refractivity contribution in [2.75, 3.05) is 0 Å². The van der Waals surface area contributed by atoms with Crippen LogP contribution in [-0.2, 0) is 11.2 Å². The summed E-state index contributed by atoms with van der Waals surface area (Å²) in [7, 11) is 0. The Kier molecular flexibility index (Phi) is 4.34. The van der Waals surface area contributed by atoms with E-state index in [-0.39, 0.29) is 16.8 Å². The topological polar surface area (TPSA) is 78.0 Å². The van der Waals surface area contributed by atoms with E-state index < -0.39 is 5.97 Å². The fourth-order valence-electron chi connectivity index (χ4n) is 3.62. The van der Waals surface area contributed by atoms with Crippen LogP contribution < -0.4 is 10.2 Å². The molecule has 3 heterocycles. The van der Waals surface area contributed by atoms with Crippen molar-refractivity contribution in [2.24, 2.45) is 0 Å². The van der Waals surface area contributed by atoms with Gasteiger partial charge in [0.05, 0.1) is 5.39 Å². The van der Waals surface area contributed by atoms with Crippen molar-refractivity contribution in [2.45, 2.75) is 40.5 Å². The van der Waals surface area contributed by atoms with E-state index in [1.165, 1.54) is 25.2 Å². The maximum atomic E-state index is 13.4. The number of hydrogen-bond acceptors (Lipinski definition) is 6. The molecule has 0 aliphatic carbocycles. The van der Waals surface area contributed by atoms with Crippen molar-refractivity contribution in [1.82, 2.24) is 4.40 Å². The maximum absolute atomic E-state index is 13.4. The smallest absolute Gasteiger partial charge is 0.308 e. The van der Waals surface area contributed by atoms with Gasteiger partial charge in [-0.2, -0.15) is 0 Å². The number of Topliss-reactive ketones (excluding diaryl/α,β-unsaturated/α-hetero) is 1. The lowest BCUT2D eigenvalue weighted by Crippen LogP contribution is -2.07. The van der Waals surface area contributed by atoms with Crippen LogP contribution in [0.3, 0.4) is 0 Å². The Morgan fingerprint density at radius 3 is 2.64 bits per heavy atom. The molecule has 0 saturated heterocycles. The van der Waals surface area contributed by atoms with E-state index in [0.29, 0.717) is 39.1 Å². The fourth-order valence-corrected chi connectivity index (χ4v) is 4.65. The Balaban J connectivity index is 2.17. The Labute approximate surface area is 164 Å². The number of thiazole rings is 1. The van der Waals surface area contributed by atoms with Crippen LogP contribution in [0.5, 0.6) is 5.75 Å². The largest absolute Gasteiger partial charge is 0.453 e. The Morgan fingerprint density at radius 1 is 1.25 bits per heavy atom. The molecular formula is C21H19NO5S. The highest BCUT2D eigenvalue weighted by Gasteiger charge is 2.24. The number of esters is 1. The van der Waals surface area contributed by atoms with Crippen LogP contribution in [0, 0.1) is 6.92 Å². The minimum atomic E-state index is -0.440. The Morgan fingerprint density at radius 2 is 2.00 bits per heavy atom. The van der Waals surface area contributed by atoms with Gasteiger partial charge in [0.1, 0.15) is 27.2 Å². The molecule has 0 aliphatic rings. The molecule has 0 spiro atoms. The summed E-state index contributed by atoms with van der Waals surface area (Å²) in [6, 6.07) is 3.31. The second kappa shape index (κ2) is 6.60. The number of ketones is 1. The molecule has 0 fully saturated rings. The zero-order valence-electron chi connectivity index (χ0n) is 16.0. The van der Waals surface area contributed by atoms with Gasteiger partial charge >= 0.3 is 5.97 Å². The molecular weight excluding hydrogens is 378 g/mol. The van der Waals surface area contributed by atoms with Crippen LogP contribution >= 0.6 is 11.3 Å². The predicted molar refractivity (Wildman–Crippen MR) is 109 cm³/mol. The lowest BCUT2D eigenvalue weighted by Gasteiger charge is -2.10. The Bertz CT molecular complexity index is 1340. The number of benzene rings is 1. The van der Waals surface area contributed by atoms with Gasteiger partial charge in [-0.3, -0.25) is 18.8 Å². The van der Waals surface area contributed by atoms with Gasteiger partial charge in [-0.05, 0) is 25.0 Å². The van der Waals surface area contributed by atoms with Crippen LogP contribution in [0.4, 0.5) is 0 Å². The summed E-state index contributed by atoms with van der Waals surface area (Å²) >= 11 is 1.41. The monoisotopic (exact) mass is 397 g/mol. The zero-order chi connectivity index (χ0) is 20.2. The number of rotatable bonds is 4. The summed E-state index contributed by atoms with van der Waals surface area (Å²) in [5.41, 5.74) is 2.39. The van der Waals surface area contributed by atoms with Gasteiger partial charge in [-0.1, -0.05) is 13.3 Å². The van der Waals surface area contributed by atoms with Crippen molar-refractivity contribution in [3.05, 3.63) is 44.7 Å². The fraction of sp³-hybridized carbons (Fsp3) is 0.286. The van der Waals surface area contributed by atoms with E-state index in [4.69, 9.17) is 9.15 Å². The van der Waals surface area contributed by atoms with Crippen LogP contribution in [0.1, 0.15) is 48.9 Å². The number of hydrogen-bond donors (Lipinski definition) is 0. The predicted octanol–water partition coefficient (Wildman–Crippen LogP) is 4.65. The molecule has 6 nitrogen and oxygen atoms in total. The first kappa shape index (κ1) is 18.4.